The first-order valence-electron chi connectivity index (χ1n) is 6.08. The molecule has 0 saturated heterocycles. The van der Waals surface area contributed by atoms with E-state index in [9.17, 15) is 9.50 Å². The van der Waals surface area contributed by atoms with Gasteiger partial charge in [-0.15, -0.1) is 0 Å². The molecule has 3 N–H and O–H groups in total. The van der Waals surface area contributed by atoms with Gasteiger partial charge in [0, 0.05) is 0 Å². The predicted molar refractivity (Wildman–Crippen MR) is 71.6 cm³/mol. The molecular formula is C15H16FNO2. The molecule has 2 aromatic rings. The second-order valence-corrected chi connectivity index (χ2v) is 4.26. The van der Waals surface area contributed by atoms with Gasteiger partial charge < -0.3 is 15.6 Å². The number of hydrogen-bond donors (Lipinski definition) is 2. The van der Waals surface area contributed by atoms with Crippen LogP contribution in [-0.2, 0) is 13.0 Å². The Morgan fingerprint density at radius 3 is 2.63 bits per heavy atom. The molecule has 0 fully saturated rings. The second-order valence-electron chi connectivity index (χ2n) is 4.26. The van der Waals surface area contributed by atoms with Crippen LogP contribution < -0.4 is 10.5 Å². The Morgan fingerprint density at radius 1 is 1.11 bits per heavy atom. The van der Waals surface area contributed by atoms with Crippen molar-refractivity contribution >= 4 is 0 Å². The Balaban J connectivity index is 2.03. The molecule has 0 radical (unpaired) electrons. The molecule has 0 bridgehead atoms. The Hall–Kier alpha value is -2.07. The van der Waals surface area contributed by atoms with Crippen LogP contribution in [0.4, 0.5) is 4.39 Å². The van der Waals surface area contributed by atoms with Gasteiger partial charge in [-0.05, 0) is 48.4 Å². The average Bonchev–Trinajstić information content (AvgIpc) is 2.38. The molecule has 0 heterocycles. The Bertz CT molecular complexity index is 558. The van der Waals surface area contributed by atoms with Crippen LogP contribution in [0.5, 0.6) is 11.5 Å². The topological polar surface area (TPSA) is 55.5 Å². The lowest BCUT2D eigenvalue weighted by Crippen LogP contribution is -2.03. The van der Waals surface area contributed by atoms with Gasteiger partial charge in [0.15, 0.2) is 11.6 Å². The van der Waals surface area contributed by atoms with Gasteiger partial charge in [-0.1, -0.05) is 18.2 Å². The first kappa shape index (κ1) is 13.4. The van der Waals surface area contributed by atoms with Gasteiger partial charge in [0.25, 0.3) is 0 Å². The van der Waals surface area contributed by atoms with Crippen LogP contribution in [0.25, 0.3) is 0 Å². The summed E-state index contributed by atoms with van der Waals surface area (Å²) < 4.78 is 19.1. The number of ether oxygens (including phenoxy) is 1. The lowest BCUT2D eigenvalue weighted by Gasteiger charge is -2.09. The summed E-state index contributed by atoms with van der Waals surface area (Å²) in [6.45, 7) is 0.699. The van der Waals surface area contributed by atoms with Gasteiger partial charge in [-0.25, -0.2) is 4.39 Å². The van der Waals surface area contributed by atoms with Crippen molar-refractivity contribution in [2.24, 2.45) is 5.73 Å². The molecule has 4 heteroatoms. The SMILES string of the molecule is NCCc1ccc(OCc2cccc(O)c2)c(F)c1. The molecule has 0 unspecified atom stereocenters. The lowest BCUT2D eigenvalue weighted by molar-refractivity contribution is 0.289. The van der Waals surface area contributed by atoms with Gasteiger partial charge in [0.05, 0.1) is 0 Å². The fraction of sp³-hybridized carbons (Fsp3) is 0.200. The fourth-order valence-electron chi connectivity index (χ4n) is 1.79. The molecular weight excluding hydrogens is 245 g/mol. The average molecular weight is 261 g/mol. The number of nitrogens with two attached hydrogens (primary N) is 1. The maximum atomic E-state index is 13.7. The molecule has 100 valence electrons. The van der Waals surface area contributed by atoms with Crippen molar-refractivity contribution in [3.05, 3.63) is 59.4 Å². The van der Waals surface area contributed by atoms with Gasteiger partial charge in [-0.2, -0.15) is 0 Å². The minimum atomic E-state index is -0.397. The number of halogens is 1. The Kier molecular flexibility index (Phi) is 4.36. The van der Waals surface area contributed by atoms with Crippen molar-refractivity contribution in [2.45, 2.75) is 13.0 Å². The van der Waals surface area contributed by atoms with Gasteiger partial charge in [0.2, 0.25) is 0 Å². The van der Waals surface area contributed by atoms with Gasteiger partial charge in [-0.3, -0.25) is 0 Å². The van der Waals surface area contributed by atoms with E-state index in [2.05, 4.69) is 0 Å². The lowest BCUT2D eigenvalue weighted by atomic mass is 10.1. The largest absolute Gasteiger partial charge is 0.508 e. The smallest absolute Gasteiger partial charge is 0.165 e. The van der Waals surface area contributed by atoms with Crippen LogP contribution in [0.1, 0.15) is 11.1 Å². The number of phenols is 1. The summed E-state index contributed by atoms with van der Waals surface area (Å²) in [6, 6.07) is 11.5. The molecule has 0 aliphatic heterocycles. The highest BCUT2D eigenvalue weighted by atomic mass is 19.1. The van der Waals surface area contributed by atoms with E-state index in [1.165, 1.54) is 6.07 Å². The number of aromatic hydroxyl groups is 1. The van der Waals surface area contributed by atoms with Crippen molar-refractivity contribution < 1.29 is 14.2 Å². The molecule has 0 aromatic heterocycles. The zero-order valence-corrected chi connectivity index (χ0v) is 10.5. The van der Waals surface area contributed by atoms with Crippen LogP contribution in [0.15, 0.2) is 42.5 Å². The monoisotopic (exact) mass is 261 g/mol. The highest BCUT2D eigenvalue weighted by molar-refractivity contribution is 5.31. The van der Waals surface area contributed by atoms with Crippen molar-refractivity contribution in [2.75, 3.05) is 6.54 Å². The summed E-state index contributed by atoms with van der Waals surface area (Å²) in [6.07, 6.45) is 0.643. The summed E-state index contributed by atoms with van der Waals surface area (Å²) in [5, 5.41) is 9.32. The number of phenolic OH excluding ortho intramolecular Hbond substituents is 1. The standard InChI is InChI=1S/C15H16FNO2/c16-14-9-11(6-7-17)4-5-15(14)19-10-12-2-1-3-13(18)8-12/h1-5,8-9,18H,6-7,10,17H2. The molecule has 0 spiro atoms. The first-order chi connectivity index (χ1) is 9.19. The third kappa shape index (κ3) is 3.69. The number of hydrogen-bond acceptors (Lipinski definition) is 3. The molecule has 2 aromatic carbocycles. The summed E-state index contributed by atoms with van der Waals surface area (Å²) in [5.41, 5.74) is 7.05. The molecule has 2 rings (SSSR count). The van der Waals surface area contributed by atoms with Gasteiger partial charge >= 0.3 is 0 Å². The van der Waals surface area contributed by atoms with E-state index in [1.54, 1.807) is 36.4 Å². The molecule has 0 aliphatic rings. The summed E-state index contributed by atoms with van der Waals surface area (Å²) >= 11 is 0. The van der Waals surface area contributed by atoms with E-state index in [0.717, 1.165) is 11.1 Å². The molecule has 0 saturated carbocycles. The third-order valence-corrected chi connectivity index (χ3v) is 2.73. The number of rotatable bonds is 5. The van der Waals surface area contributed by atoms with E-state index in [0.29, 0.717) is 13.0 Å². The Labute approximate surface area is 111 Å². The normalized spacial score (nSPS) is 10.4. The predicted octanol–water partition coefficient (Wildman–Crippen LogP) is 2.61. The minimum absolute atomic E-state index is 0.167. The van der Waals surface area contributed by atoms with Crippen LogP contribution in [0.2, 0.25) is 0 Å². The van der Waals surface area contributed by atoms with E-state index >= 15 is 0 Å². The maximum absolute atomic E-state index is 13.7. The zero-order valence-electron chi connectivity index (χ0n) is 10.5. The van der Waals surface area contributed by atoms with Crippen LogP contribution in [-0.4, -0.2) is 11.7 Å². The first-order valence-corrected chi connectivity index (χ1v) is 6.08. The molecule has 0 amide bonds. The van der Waals surface area contributed by atoms with Crippen molar-refractivity contribution in [1.82, 2.24) is 0 Å². The van der Waals surface area contributed by atoms with E-state index in [4.69, 9.17) is 10.5 Å². The summed E-state index contributed by atoms with van der Waals surface area (Å²) in [7, 11) is 0. The van der Waals surface area contributed by atoms with Crippen molar-refractivity contribution in [1.29, 1.82) is 0 Å². The number of benzene rings is 2. The molecule has 0 aliphatic carbocycles. The second kappa shape index (κ2) is 6.20. The fourth-order valence-corrected chi connectivity index (χ4v) is 1.79. The summed E-state index contributed by atoms with van der Waals surface area (Å²) in [5.74, 6) is -0.0323. The van der Waals surface area contributed by atoms with Crippen LogP contribution in [0, 0.1) is 5.82 Å². The van der Waals surface area contributed by atoms with Crippen LogP contribution in [0.3, 0.4) is 0 Å². The highest BCUT2D eigenvalue weighted by Crippen LogP contribution is 2.20. The van der Waals surface area contributed by atoms with Crippen LogP contribution >= 0.6 is 0 Å². The minimum Gasteiger partial charge on any atom is -0.508 e. The van der Waals surface area contributed by atoms with Crippen molar-refractivity contribution in [3.63, 3.8) is 0 Å². The Morgan fingerprint density at radius 2 is 1.95 bits per heavy atom. The maximum Gasteiger partial charge on any atom is 0.165 e. The molecule has 3 nitrogen and oxygen atoms in total. The van der Waals surface area contributed by atoms with E-state index in [1.807, 2.05) is 0 Å². The quantitative estimate of drug-likeness (QED) is 0.869. The zero-order chi connectivity index (χ0) is 13.7. The summed E-state index contributed by atoms with van der Waals surface area (Å²) in [4.78, 5) is 0. The van der Waals surface area contributed by atoms with E-state index < -0.39 is 5.82 Å². The molecule has 19 heavy (non-hydrogen) atoms. The highest BCUT2D eigenvalue weighted by Gasteiger charge is 2.05. The van der Waals surface area contributed by atoms with Gasteiger partial charge in [0.1, 0.15) is 12.4 Å². The van der Waals surface area contributed by atoms with Crippen molar-refractivity contribution in [3.8, 4) is 11.5 Å². The van der Waals surface area contributed by atoms with E-state index in [-0.39, 0.29) is 18.1 Å². The molecule has 0 atom stereocenters. The third-order valence-electron chi connectivity index (χ3n) is 2.73.